The maximum atomic E-state index is 15.5. The van der Waals surface area contributed by atoms with Crippen molar-refractivity contribution in [3.8, 4) is 89.0 Å². The first-order valence-electron chi connectivity index (χ1n) is 35.1. The Kier molecular flexibility index (Phi) is 15.0. The monoisotopic (exact) mass is 1350 g/mol. The molecule has 4 heterocycles. The lowest BCUT2D eigenvalue weighted by molar-refractivity contribution is 0.522. The van der Waals surface area contributed by atoms with Crippen LogP contribution in [0.4, 0.5) is 0 Å². The minimum Gasteiger partial charge on any atom is -0.456 e. The van der Waals surface area contributed by atoms with Gasteiger partial charge in [0, 0.05) is 11.1 Å². The molecule has 0 saturated carbocycles. The highest BCUT2D eigenvalue weighted by Crippen LogP contribution is 2.42. The minimum atomic E-state index is -0.441. The molecule has 0 radical (unpaired) electrons. The van der Waals surface area contributed by atoms with Crippen LogP contribution in [-0.4, -0.2) is 0 Å². The number of para-hydroxylation sites is 2. The number of benzene rings is 14. The summed E-state index contributed by atoms with van der Waals surface area (Å²) in [6, 6.07) is 98.1. The second-order valence-corrected chi connectivity index (χ2v) is 29.0. The van der Waals surface area contributed by atoms with Crippen molar-refractivity contribution in [3.63, 3.8) is 0 Å². The van der Waals surface area contributed by atoms with Gasteiger partial charge in [-0.25, -0.2) is 0 Å². The third-order valence-electron chi connectivity index (χ3n) is 20.8. The zero-order valence-electron chi connectivity index (χ0n) is 57.8. The third-order valence-corrected chi connectivity index (χ3v) is 20.8. The first-order chi connectivity index (χ1) is 50.5. The van der Waals surface area contributed by atoms with Gasteiger partial charge in [-0.3, -0.25) is 19.2 Å². The fourth-order valence-corrected chi connectivity index (χ4v) is 15.3. The van der Waals surface area contributed by atoms with E-state index in [-0.39, 0.29) is 27.1 Å². The second-order valence-electron chi connectivity index (χ2n) is 29.0. The molecule has 0 bridgehead atoms. The average molecular weight is 1350 g/mol. The van der Waals surface area contributed by atoms with Crippen molar-refractivity contribution < 1.29 is 17.7 Å². The van der Waals surface area contributed by atoms with Crippen LogP contribution in [0.5, 0.6) is 0 Å². The molecule has 18 aromatic rings. The van der Waals surface area contributed by atoms with Gasteiger partial charge in [0.25, 0.3) is 0 Å². The van der Waals surface area contributed by atoms with E-state index in [9.17, 15) is 9.59 Å². The van der Waals surface area contributed by atoms with E-state index in [1.165, 1.54) is 0 Å². The highest BCUT2D eigenvalue weighted by molar-refractivity contribution is 6.09. The number of hydrogen-bond acceptors (Lipinski definition) is 8. The summed E-state index contributed by atoms with van der Waals surface area (Å²) < 4.78 is 26.6. The van der Waals surface area contributed by atoms with Crippen LogP contribution in [0.3, 0.4) is 0 Å². The smallest absolute Gasteiger partial charge is 0.201 e. The van der Waals surface area contributed by atoms with Crippen LogP contribution < -0.4 is 21.7 Å². The zero-order chi connectivity index (χ0) is 70.7. The first kappa shape index (κ1) is 63.2. The molecule has 0 fully saturated rings. The third kappa shape index (κ3) is 11.0. The van der Waals surface area contributed by atoms with E-state index in [4.69, 9.17) is 17.7 Å². The van der Waals surface area contributed by atoms with Gasteiger partial charge in [-0.2, -0.15) is 0 Å². The lowest BCUT2D eigenvalue weighted by atomic mass is 9.78. The molecule has 0 aliphatic carbocycles. The van der Waals surface area contributed by atoms with Crippen molar-refractivity contribution in [1.82, 2.24) is 0 Å². The predicted molar refractivity (Wildman–Crippen MR) is 426 cm³/mol. The van der Waals surface area contributed by atoms with E-state index in [2.05, 4.69) is 138 Å². The second kappa shape index (κ2) is 24.6. The van der Waals surface area contributed by atoms with Gasteiger partial charge in [0.05, 0.1) is 43.1 Å². The Bertz CT molecular complexity index is 6790. The van der Waals surface area contributed by atoms with E-state index in [1.807, 2.05) is 170 Å². The van der Waals surface area contributed by atoms with Crippen molar-refractivity contribution in [2.24, 2.45) is 0 Å². The normalized spacial score (nSPS) is 12.1. The van der Waals surface area contributed by atoms with Crippen LogP contribution >= 0.6 is 0 Å². The van der Waals surface area contributed by atoms with E-state index in [0.29, 0.717) is 116 Å². The standard InChI is InChI=1S/C96H66O8/c1-95(2,3)69-38-42-83-79(53-69)89(97)75-32-16-30-73(93(75)103-83)74-31-17-33-76-90(98)80-54-70(39-43-84(80)104-94(74)76)96(4,5)55-56-20-15-27-60(44-56)66-46-65(59-25-13-8-14-26-59)49-68(50-66)62-37-41-82-78(52-62)92(100)88-72(29-19-35-86(88)102-82)71-28-18-34-85-87(71)91(99)77-51-61(36-40-81(77)101-85)67-47-63(57-21-9-6-10-22-57)45-64(48-67)58-23-11-7-12-24-58/h6-54H,55H2,1-5H3. The Labute approximate surface area is 597 Å². The SMILES string of the molecule is CC(C)(C)c1ccc2oc3c(-c4cccc5c(=O)c6cc(C(C)(C)Cc7cccc(-c8cc(-c9ccccc9)cc(-c9ccc%10oc%11cccc(-c%12cccc%13oc%14ccc(-c%15cc(-c%16ccccc%16)cc(-c%16ccccc%16)c%15)cc%14c(=O)c%12%13)c%11c(=O)c%10c9)c8)c7)ccc6oc45)cccc3c(=O)c2c1. The molecule has 0 aliphatic heterocycles. The van der Waals surface area contributed by atoms with Crippen molar-refractivity contribution in [3.05, 3.63) is 355 Å². The molecule has 14 aromatic carbocycles. The molecule has 18 rings (SSSR count). The average Bonchev–Trinajstić information content (AvgIpc) is 0.741. The molecule has 0 unspecified atom stereocenters. The molecule has 8 nitrogen and oxygen atoms in total. The van der Waals surface area contributed by atoms with Gasteiger partial charge in [-0.05, 0) is 221 Å². The van der Waals surface area contributed by atoms with Gasteiger partial charge >= 0.3 is 0 Å². The highest BCUT2D eigenvalue weighted by Gasteiger charge is 2.26. The van der Waals surface area contributed by atoms with Crippen molar-refractivity contribution in [1.29, 1.82) is 0 Å². The minimum absolute atomic E-state index is 0.112. The summed E-state index contributed by atoms with van der Waals surface area (Å²) in [5, 5.41) is 3.44. The fraction of sp³-hybridized carbons (Fsp3) is 0.0833. The van der Waals surface area contributed by atoms with Crippen LogP contribution in [0.1, 0.15) is 51.3 Å². The maximum Gasteiger partial charge on any atom is 0.201 e. The summed E-state index contributed by atoms with van der Waals surface area (Å²) in [5.41, 5.74) is 19.7. The summed E-state index contributed by atoms with van der Waals surface area (Å²) in [5.74, 6) is 0. The van der Waals surface area contributed by atoms with Crippen molar-refractivity contribution in [2.75, 3.05) is 0 Å². The fourth-order valence-electron chi connectivity index (χ4n) is 15.3. The van der Waals surface area contributed by atoms with Crippen molar-refractivity contribution >= 4 is 87.8 Å². The van der Waals surface area contributed by atoms with E-state index < -0.39 is 5.41 Å². The van der Waals surface area contributed by atoms with Crippen LogP contribution in [-0.2, 0) is 17.3 Å². The maximum absolute atomic E-state index is 15.5. The largest absolute Gasteiger partial charge is 0.456 e. The van der Waals surface area contributed by atoms with Gasteiger partial charge in [0.1, 0.15) is 44.7 Å². The molecule has 0 amide bonds. The predicted octanol–water partition coefficient (Wildman–Crippen LogP) is 23.9. The van der Waals surface area contributed by atoms with Crippen LogP contribution in [0.25, 0.3) is 177 Å². The van der Waals surface area contributed by atoms with Crippen LogP contribution in [0.2, 0.25) is 0 Å². The van der Waals surface area contributed by atoms with Gasteiger partial charge in [-0.1, -0.05) is 223 Å². The Morgan fingerprint density at radius 2 is 0.587 bits per heavy atom. The zero-order valence-corrected chi connectivity index (χ0v) is 57.8. The Morgan fingerprint density at radius 1 is 0.240 bits per heavy atom. The van der Waals surface area contributed by atoms with Gasteiger partial charge in [0.15, 0.2) is 0 Å². The Hall–Kier alpha value is -13.0. The van der Waals surface area contributed by atoms with Gasteiger partial charge in [-0.15, -0.1) is 0 Å². The molecular weight excluding hydrogens is 1280 g/mol. The first-order valence-corrected chi connectivity index (χ1v) is 35.1. The molecule has 0 spiro atoms. The number of rotatable bonds is 11. The molecule has 0 saturated heterocycles. The van der Waals surface area contributed by atoms with Gasteiger partial charge < -0.3 is 17.7 Å². The van der Waals surface area contributed by atoms with E-state index in [1.54, 1.807) is 24.3 Å². The molecular formula is C96H66O8. The summed E-state index contributed by atoms with van der Waals surface area (Å²) in [7, 11) is 0. The van der Waals surface area contributed by atoms with Crippen LogP contribution in [0.15, 0.2) is 334 Å². The molecule has 498 valence electrons. The Morgan fingerprint density at radius 3 is 1.03 bits per heavy atom. The molecule has 8 heteroatoms. The molecule has 4 aromatic heterocycles. The summed E-state index contributed by atoms with van der Waals surface area (Å²) in [4.78, 5) is 59.7. The number of hydrogen-bond donors (Lipinski definition) is 0. The topological polar surface area (TPSA) is 121 Å². The lowest BCUT2D eigenvalue weighted by Crippen LogP contribution is -2.21. The van der Waals surface area contributed by atoms with Crippen molar-refractivity contribution in [2.45, 2.75) is 51.9 Å². The van der Waals surface area contributed by atoms with Crippen LogP contribution in [0, 0.1) is 0 Å². The molecule has 104 heavy (non-hydrogen) atoms. The lowest BCUT2D eigenvalue weighted by Gasteiger charge is -2.26. The molecule has 0 atom stereocenters. The molecule has 0 N–H and O–H groups in total. The highest BCUT2D eigenvalue weighted by atomic mass is 16.3. The Balaban J connectivity index is 0.682. The van der Waals surface area contributed by atoms with E-state index >= 15 is 9.59 Å². The summed E-state index contributed by atoms with van der Waals surface area (Å²) >= 11 is 0. The van der Waals surface area contributed by atoms with E-state index in [0.717, 1.165) is 83.5 Å². The van der Waals surface area contributed by atoms with Gasteiger partial charge in [0.2, 0.25) is 21.7 Å². The quantitative estimate of drug-likeness (QED) is 0.117. The summed E-state index contributed by atoms with van der Waals surface area (Å²) in [6.45, 7) is 10.8. The summed E-state index contributed by atoms with van der Waals surface area (Å²) in [6.07, 6.45) is 0.650. The molecule has 0 aliphatic rings. The number of fused-ring (bicyclic) bond motifs is 8.